The minimum absolute atomic E-state index is 0.0291. The maximum Gasteiger partial charge on any atom is 0.221 e. The Labute approximate surface area is 84.3 Å². The first-order valence-electron chi connectivity index (χ1n) is 4.64. The second-order valence-electron chi connectivity index (χ2n) is 3.54. The van der Waals surface area contributed by atoms with Crippen molar-refractivity contribution in [1.82, 2.24) is 0 Å². The van der Waals surface area contributed by atoms with Crippen LogP contribution in [0.15, 0.2) is 18.2 Å². The number of carbonyl (C=O) groups excluding carboxylic acids is 1. The average molecular weight is 192 g/mol. The quantitative estimate of drug-likeness (QED) is 0.752. The molecule has 0 radical (unpaired) electrons. The predicted molar refractivity (Wildman–Crippen MR) is 58.1 cm³/mol. The van der Waals surface area contributed by atoms with Crippen LogP contribution in [0.3, 0.4) is 0 Å². The lowest BCUT2D eigenvalue weighted by Crippen LogP contribution is -2.09. The molecule has 0 unspecified atom stereocenters. The van der Waals surface area contributed by atoms with E-state index in [1.165, 1.54) is 6.92 Å². The van der Waals surface area contributed by atoms with E-state index in [0.717, 1.165) is 16.8 Å². The number of nitrogens with two attached hydrogens (primary N) is 1. The molecule has 1 rings (SSSR count). The van der Waals surface area contributed by atoms with Crippen LogP contribution in [-0.2, 0) is 4.79 Å². The number of amides is 1. The van der Waals surface area contributed by atoms with Crippen LogP contribution in [0.2, 0.25) is 0 Å². The number of hydrogen-bond donors (Lipinski definition) is 2. The van der Waals surface area contributed by atoms with E-state index < -0.39 is 0 Å². The second-order valence-corrected chi connectivity index (χ2v) is 3.54. The smallest absolute Gasteiger partial charge is 0.221 e. The molecule has 76 valence electrons. The molecule has 0 saturated heterocycles. The van der Waals surface area contributed by atoms with Crippen molar-refractivity contribution in [3.05, 3.63) is 29.3 Å². The van der Waals surface area contributed by atoms with Crippen LogP contribution in [0.1, 0.15) is 31.0 Å². The van der Waals surface area contributed by atoms with Gasteiger partial charge in [0.05, 0.1) is 0 Å². The molecule has 3 heteroatoms. The molecular weight excluding hydrogens is 176 g/mol. The Bertz CT molecular complexity index is 345. The Hall–Kier alpha value is -1.35. The van der Waals surface area contributed by atoms with Crippen molar-refractivity contribution in [2.45, 2.75) is 26.8 Å². The predicted octanol–water partition coefficient (Wildman–Crippen LogP) is 1.97. The molecule has 0 heterocycles. The van der Waals surface area contributed by atoms with Crippen LogP contribution in [0.25, 0.3) is 0 Å². The van der Waals surface area contributed by atoms with Crippen LogP contribution >= 0.6 is 0 Å². The Kier molecular flexibility index (Phi) is 3.25. The molecule has 14 heavy (non-hydrogen) atoms. The van der Waals surface area contributed by atoms with Crippen molar-refractivity contribution < 1.29 is 4.79 Å². The lowest BCUT2D eigenvalue weighted by atomic mass is 10.0. The van der Waals surface area contributed by atoms with Gasteiger partial charge in [0.2, 0.25) is 5.91 Å². The third-order valence-corrected chi connectivity index (χ3v) is 2.08. The zero-order valence-corrected chi connectivity index (χ0v) is 8.79. The Balaban J connectivity index is 2.94. The van der Waals surface area contributed by atoms with Gasteiger partial charge in [0.1, 0.15) is 0 Å². The zero-order chi connectivity index (χ0) is 10.7. The first-order valence-corrected chi connectivity index (χ1v) is 4.64. The van der Waals surface area contributed by atoms with Gasteiger partial charge < -0.3 is 11.1 Å². The maximum absolute atomic E-state index is 10.8. The molecule has 0 aliphatic carbocycles. The van der Waals surface area contributed by atoms with Crippen molar-refractivity contribution in [1.29, 1.82) is 0 Å². The zero-order valence-electron chi connectivity index (χ0n) is 8.79. The Morgan fingerprint density at radius 1 is 1.50 bits per heavy atom. The van der Waals surface area contributed by atoms with E-state index in [-0.39, 0.29) is 11.9 Å². The highest BCUT2D eigenvalue weighted by Gasteiger charge is 2.04. The maximum atomic E-state index is 10.8. The molecule has 0 aliphatic rings. The minimum atomic E-state index is -0.0575. The topological polar surface area (TPSA) is 55.1 Å². The summed E-state index contributed by atoms with van der Waals surface area (Å²) in [6.45, 7) is 5.43. The summed E-state index contributed by atoms with van der Waals surface area (Å²) in [4.78, 5) is 10.8. The van der Waals surface area contributed by atoms with E-state index in [1.54, 1.807) is 0 Å². The summed E-state index contributed by atoms with van der Waals surface area (Å²) < 4.78 is 0. The standard InChI is InChI=1S/C11H16N2O/c1-7-6-10(13-9(3)14)4-5-11(7)8(2)12/h4-6,8H,12H2,1-3H3,(H,13,14)/t8-/m0/s1. The molecule has 1 aromatic carbocycles. The average Bonchev–Trinajstić information content (AvgIpc) is 2.01. The summed E-state index contributed by atoms with van der Waals surface area (Å²) >= 11 is 0. The fourth-order valence-corrected chi connectivity index (χ4v) is 1.47. The van der Waals surface area contributed by atoms with Crippen LogP contribution < -0.4 is 11.1 Å². The highest BCUT2D eigenvalue weighted by atomic mass is 16.1. The molecule has 0 bridgehead atoms. The fourth-order valence-electron chi connectivity index (χ4n) is 1.47. The molecular formula is C11H16N2O. The van der Waals surface area contributed by atoms with Crippen molar-refractivity contribution in [2.75, 3.05) is 5.32 Å². The SMILES string of the molecule is CC(=O)Nc1ccc([C@H](C)N)c(C)c1. The summed E-state index contributed by atoms with van der Waals surface area (Å²) in [5.41, 5.74) is 8.81. The van der Waals surface area contributed by atoms with E-state index in [4.69, 9.17) is 5.73 Å². The lowest BCUT2D eigenvalue weighted by molar-refractivity contribution is -0.114. The van der Waals surface area contributed by atoms with Crippen molar-refractivity contribution in [3.8, 4) is 0 Å². The third-order valence-electron chi connectivity index (χ3n) is 2.08. The summed E-state index contributed by atoms with van der Waals surface area (Å²) in [5, 5.41) is 2.73. The minimum Gasteiger partial charge on any atom is -0.326 e. The second kappa shape index (κ2) is 4.24. The van der Waals surface area contributed by atoms with Crippen molar-refractivity contribution in [2.24, 2.45) is 5.73 Å². The van der Waals surface area contributed by atoms with Crippen LogP contribution in [0, 0.1) is 6.92 Å². The van der Waals surface area contributed by atoms with Gasteiger partial charge in [-0.25, -0.2) is 0 Å². The summed E-state index contributed by atoms with van der Waals surface area (Å²) in [6.07, 6.45) is 0. The molecule has 1 amide bonds. The molecule has 0 aliphatic heterocycles. The van der Waals surface area contributed by atoms with Gasteiger partial charge in [0.15, 0.2) is 0 Å². The van der Waals surface area contributed by atoms with Crippen molar-refractivity contribution in [3.63, 3.8) is 0 Å². The largest absolute Gasteiger partial charge is 0.326 e. The molecule has 3 N–H and O–H groups in total. The van der Waals surface area contributed by atoms with E-state index in [9.17, 15) is 4.79 Å². The van der Waals surface area contributed by atoms with Gasteiger partial charge in [-0.15, -0.1) is 0 Å². The number of hydrogen-bond acceptors (Lipinski definition) is 2. The number of nitrogens with one attached hydrogen (secondary N) is 1. The van der Waals surface area contributed by atoms with E-state index in [1.807, 2.05) is 32.0 Å². The highest BCUT2D eigenvalue weighted by molar-refractivity contribution is 5.88. The van der Waals surface area contributed by atoms with E-state index >= 15 is 0 Å². The van der Waals surface area contributed by atoms with Gasteiger partial charge >= 0.3 is 0 Å². The van der Waals surface area contributed by atoms with E-state index in [2.05, 4.69) is 5.32 Å². The summed E-state index contributed by atoms with van der Waals surface area (Å²) in [7, 11) is 0. The molecule has 3 nitrogen and oxygen atoms in total. The molecule has 1 atom stereocenters. The Morgan fingerprint density at radius 3 is 2.57 bits per heavy atom. The van der Waals surface area contributed by atoms with Gasteiger partial charge in [-0.05, 0) is 37.1 Å². The first-order chi connectivity index (χ1) is 6.50. The van der Waals surface area contributed by atoms with Crippen LogP contribution in [0.5, 0.6) is 0 Å². The summed E-state index contributed by atoms with van der Waals surface area (Å²) in [5.74, 6) is -0.0575. The molecule has 0 spiro atoms. The molecule has 0 aromatic heterocycles. The highest BCUT2D eigenvalue weighted by Crippen LogP contribution is 2.19. The van der Waals surface area contributed by atoms with Gasteiger partial charge in [0, 0.05) is 18.7 Å². The Morgan fingerprint density at radius 2 is 2.14 bits per heavy atom. The number of carbonyl (C=O) groups is 1. The fraction of sp³-hybridized carbons (Fsp3) is 0.364. The van der Waals surface area contributed by atoms with Gasteiger partial charge in [-0.1, -0.05) is 6.07 Å². The third kappa shape index (κ3) is 2.57. The number of benzene rings is 1. The number of aryl methyl sites for hydroxylation is 1. The molecule has 1 aromatic rings. The monoisotopic (exact) mass is 192 g/mol. The normalized spacial score (nSPS) is 12.3. The van der Waals surface area contributed by atoms with Crippen molar-refractivity contribution >= 4 is 11.6 Å². The van der Waals surface area contributed by atoms with Gasteiger partial charge in [-0.2, -0.15) is 0 Å². The van der Waals surface area contributed by atoms with E-state index in [0.29, 0.717) is 0 Å². The van der Waals surface area contributed by atoms with Crippen LogP contribution in [-0.4, -0.2) is 5.91 Å². The number of anilines is 1. The lowest BCUT2D eigenvalue weighted by Gasteiger charge is -2.11. The first kappa shape index (κ1) is 10.7. The molecule has 0 saturated carbocycles. The molecule has 0 fully saturated rings. The van der Waals surface area contributed by atoms with Crippen LogP contribution in [0.4, 0.5) is 5.69 Å². The van der Waals surface area contributed by atoms with Gasteiger partial charge in [0.25, 0.3) is 0 Å². The van der Waals surface area contributed by atoms with Gasteiger partial charge in [-0.3, -0.25) is 4.79 Å². The number of rotatable bonds is 2. The summed E-state index contributed by atoms with van der Waals surface area (Å²) in [6, 6.07) is 5.78.